The highest BCUT2D eigenvalue weighted by atomic mass is 79.9. The van der Waals surface area contributed by atoms with Gasteiger partial charge in [-0.2, -0.15) is 8.61 Å². The number of nitrogens with zero attached hydrogens (tertiary/aromatic N) is 2. The first-order chi connectivity index (χ1) is 10.8. The van der Waals surface area contributed by atoms with Gasteiger partial charge in [0.05, 0.1) is 3.79 Å². The highest BCUT2D eigenvalue weighted by Gasteiger charge is 2.34. The van der Waals surface area contributed by atoms with Gasteiger partial charge >= 0.3 is 0 Å². The second kappa shape index (κ2) is 6.54. The highest BCUT2D eigenvalue weighted by Crippen LogP contribution is 2.29. The fraction of sp³-hybridized carbons (Fsp3) is 0.333. The van der Waals surface area contributed by atoms with E-state index in [4.69, 9.17) is 0 Å². The maximum Gasteiger partial charge on any atom is 0.252 e. The molecule has 3 rings (SSSR count). The van der Waals surface area contributed by atoms with Crippen LogP contribution in [0.5, 0.6) is 0 Å². The number of piperazine rings is 1. The monoisotopic (exact) mass is 456 g/mol. The third kappa shape index (κ3) is 3.41. The van der Waals surface area contributed by atoms with Crippen molar-refractivity contribution in [3.63, 3.8) is 0 Å². The van der Waals surface area contributed by atoms with Crippen LogP contribution in [-0.4, -0.2) is 51.6 Å². The average molecular weight is 457 g/mol. The smallest absolute Gasteiger partial charge is 0.206 e. The summed E-state index contributed by atoms with van der Waals surface area (Å²) in [7, 11) is -7.08. The van der Waals surface area contributed by atoms with Crippen LogP contribution in [0, 0.1) is 0 Å². The lowest BCUT2D eigenvalue weighted by atomic mass is 10.4. The zero-order valence-electron chi connectivity index (χ0n) is 11.8. The number of rotatable bonds is 4. The lowest BCUT2D eigenvalue weighted by Gasteiger charge is -2.32. The quantitative estimate of drug-likeness (QED) is 0.706. The molecular weight excluding hydrogens is 444 g/mol. The molecule has 6 nitrogen and oxygen atoms in total. The van der Waals surface area contributed by atoms with Crippen LogP contribution in [-0.2, 0) is 20.0 Å². The third-order valence-electron chi connectivity index (χ3n) is 3.43. The third-order valence-corrected chi connectivity index (χ3v) is 10.7. The van der Waals surface area contributed by atoms with Crippen LogP contribution in [0.15, 0.2) is 41.9 Å². The van der Waals surface area contributed by atoms with Crippen molar-refractivity contribution in [3.05, 3.63) is 33.4 Å². The summed E-state index contributed by atoms with van der Waals surface area (Å²) in [6.45, 7) is 0.628. The van der Waals surface area contributed by atoms with Gasteiger partial charge in [-0.25, -0.2) is 16.8 Å². The Kier molecular flexibility index (Phi) is 4.98. The Labute approximate surface area is 151 Å². The fourth-order valence-corrected chi connectivity index (χ4v) is 8.40. The summed E-state index contributed by atoms with van der Waals surface area (Å²) in [6, 6.07) is 6.49. The number of hydrogen-bond acceptors (Lipinski definition) is 6. The molecule has 3 heterocycles. The molecule has 23 heavy (non-hydrogen) atoms. The van der Waals surface area contributed by atoms with E-state index in [1.165, 1.54) is 8.61 Å². The van der Waals surface area contributed by atoms with Gasteiger partial charge in [-0.05, 0) is 39.5 Å². The minimum absolute atomic E-state index is 0.155. The van der Waals surface area contributed by atoms with Gasteiger partial charge in [0.15, 0.2) is 0 Å². The summed E-state index contributed by atoms with van der Waals surface area (Å²) in [5, 5.41) is 1.71. The van der Waals surface area contributed by atoms with E-state index in [0.29, 0.717) is 0 Å². The van der Waals surface area contributed by atoms with Crippen LogP contribution in [0.3, 0.4) is 0 Å². The van der Waals surface area contributed by atoms with Gasteiger partial charge < -0.3 is 0 Å². The standard InChI is InChI=1S/C12H13BrN2O4S4/c13-10-3-4-12(21-10)23(18,19)15-7-5-14(6-8-15)22(16,17)11-2-1-9-20-11/h1-4,9H,5-8H2. The minimum Gasteiger partial charge on any atom is -0.206 e. The molecule has 1 aliphatic heterocycles. The van der Waals surface area contributed by atoms with Gasteiger partial charge in [-0.3, -0.25) is 0 Å². The lowest BCUT2D eigenvalue weighted by molar-refractivity contribution is 0.273. The van der Waals surface area contributed by atoms with Crippen LogP contribution in [0.4, 0.5) is 0 Å². The molecule has 1 fully saturated rings. The van der Waals surface area contributed by atoms with E-state index >= 15 is 0 Å². The van der Waals surface area contributed by atoms with E-state index in [1.807, 2.05) is 0 Å². The predicted octanol–water partition coefficient (Wildman–Crippen LogP) is 2.27. The molecule has 0 aliphatic carbocycles. The van der Waals surface area contributed by atoms with Crippen LogP contribution < -0.4 is 0 Å². The van der Waals surface area contributed by atoms with Crippen molar-refractivity contribution >= 4 is 58.7 Å². The molecular formula is C12H13BrN2O4S4. The zero-order valence-corrected chi connectivity index (χ0v) is 16.6. The van der Waals surface area contributed by atoms with Crippen molar-refractivity contribution < 1.29 is 16.8 Å². The van der Waals surface area contributed by atoms with Gasteiger partial charge in [-0.1, -0.05) is 6.07 Å². The second-order valence-corrected chi connectivity index (χ2v) is 12.5. The van der Waals surface area contributed by atoms with E-state index in [9.17, 15) is 16.8 Å². The van der Waals surface area contributed by atoms with Crippen LogP contribution in [0.1, 0.15) is 0 Å². The number of thiophene rings is 2. The number of halogens is 1. The van der Waals surface area contributed by atoms with Crippen molar-refractivity contribution in [1.82, 2.24) is 8.61 Å². The highest BCUT2D eigenvalue weighted by molar-refractivity contribution is 9.11. The van der Waals surface area contributed by atoms with Crippen molar-refractivity contribution in [2.45, 2.75) is 8.42 Å². The van der Waals surface area contributed by atoms with Crippen LogP contribution in [0.25, 0.3) is 0 Å². The Morgan fingerprint density at radius 3 is 1.87 bits per heavy atom. The summed E-state index contributed by atoms with van der Waals surface area (Å²) in [5.74, 6) is 0. The Balaban J connectivity index is 1.74. The van der Waals surface area contributed by atoms with E-state index < -0.39 is 20.0 Å². The first kappa shape index (κ1) is 17.5. The zero-order chi connectivity index (χ0) is 16.7. The second-order valence-electron chi connectivity index (χ2n) is 4.80. The molecule has 0 aromatic carbocycles. The minimum atomic E-state index is -3.56. The Morgan fingerprint density at radius 2 is 1.43 bits per heavy atom. The van der Waals surface area contributed by atoms with E-state index in [-0.39, 0.29) is 34.6 Å². The Bertz CT molecular complexity index is 881. The predicted molar refractivity (Wildman–Crippen MR) is 93.9 cm³/mol. The summed E-state index contributed by atoms with van der Waals surface area (Å²) in [6.07, 6.45) is 0. The molecule has 0 unspecified atom stereocenters. The molecule has 0 amide bonds. The maximum absolute atomic E-state index is 12.5. The van der Waals surface area contributed by atoms with Crippen molar-refractivity contribution in [2.24, 2.45) is 0 Å². The van der Waals surface area contributed by atoms with Crippen molar-refractivity contribution in [1.29, 1.82) is 0 Å². The molecule has 0 saturated carbocycles. The normalized spacial score (nSPS) is 18.3. The SMILES string of the molecule is O=S(=O)(c1cccs1)N1CCN(S(=O)(=O)c2ccc(Br)s2)CC1. The van der Waals surface area contributed by atoms with Gasteiger partial charge in [0.25, 0.3) is 20.0 Å². The molecule has 11 heteroatoms. The summed E-state index contributed by atoms with van der Waals surface area (Å²) in [5.41, 5.74) is 0. The van der Waals surface area contributed by atoms with Crippen molar-refractivity contribution in [2.75, 3.05) is 26.2 Å². The van der Waals surface area contributed by atoms with Crippen molar-refractivity contribution in [3.8, 4) is 0 Å². The molecule has 0 radical (unpaired) electrons. The molecule has 126 valence electrons. The topological polar surface area (TPSA) is 74.8 Å². The molecule has 0 atom stereocenters. The molecule has 2 aromatic rings. The Morgan fingerprint density at radius 1 is 0.870 bits per heavy atom. The molecule has 0 spiro atoms. The largest absolute Gasteiger partial charge is 0.252 e. The van der Waals surface area contributed by atoms with Gasteiger partial charge in [0.1, 0.15) is 8.42 Å². The van der Waals surface area contributed by atoms with Gasteiger partial charge in [0.2, 0.25) is 0 Å². The fourth-order valence-electron chi connectivity index (χ4n) is 2.25. The first-order valence-corrected chi connectivity index (χ1v) is 12.0. The number of sulfonamides is 2. The summed E-state index contributed by atoms with van der Waals surface area (Å²) in [4.78, 5) is 0. The van der Waals surface area contributed by atoms with E-state index in [2.05, 4.69) is 15.9 Å². The maximum atomic E-state index is 12.5. The molecule has 0 N–H and O–H groups in total. The van der Waals surface area contributed by atoms with Gasteiger partial charge in [-0.15, -0.1) is 22.7 Å². The Hall–Kier alpha value is -0.300. The van der Waals surface area contributed by atoms with Crippen LogP contribution in [0.2, 0.25) is 0 Å². The van der Waals surface area contributed by atoms with E-state index in [1.54, 1.807) is 29.6 Å². The van der Waals surface area contributed by atoms with Crippen LogP contribution >= 0.6 is 38.6 Å². The average Bonchev–Trinajstić information content (AvgIpc) is 3.19. The molecule has 2 aromatic heterocycles. The van der Waals surface area contributed by atoms with E-state index in [0.717, 1.165) is 26.5 Å². The summed E-state index contributed by atoms with van der Waals surface area (Å²) < 4.78 is 53.9. The van der Waals surface area contributed by atoms with Gasteiger partial charge in [0, 0.05) is 26.2 Å². The molecule has 1 saturated heterocycles. The molecule has 0 bridgehead atoms. The number of hydrogen-bond donors (Lipinski definition) is 0. The summed E-state index contributed by atoms with van der Waals surface area (Å²) >= 11 is 5.57. The lowest BCUT2D eigenvalue weighted by Crippen LogP contribution is -2.50. The first-order valence-electron chi connectivity index (χ1n) is 6.61. The molecule has 1 aliphatic rings.